The number of carboxylic acids is 3. The van der Waals surface area contributed by atoms with Gasteiger partial charge in [-0.05, 0) is 20.8 Å². The number of hydrogen-bond donors (Lipinski definition) is 3. The highest BCUT2D eigenvalue weighted by Crippen LogP contribution is 2.08. The molecule has 1 rings (SSSR count). The smallest absolute Gasteiger partial charge is 0.338 e. The molecule has 0 aliphatic heterocycles. The van der Waals surface area contributed by atoms with Crippen LogP contribution in [-0.4, -0.2) is 86.6 Å². The predicted molar refractivity (Wildman–Crippen MR) is 109 cm³/mol. The van der Waals surface area contributed by atoms with Crippen molar-refractivity contribution < 1.29 is 43.9 Å². The predicted octanol–water partition coefficient (Wildman–Crippen LogP) is -1.84. The molecule has 0 aromatic carbocycles. The van der Waals surface area contributed by atoms with E-state index in [2.05, 4.69) is 0 Å². The third-order valence-electron chi connectivity index (χ3n) is 4.47. The van der Waals surface area contributed by atoms with Gasteiger partial charge in [-0.2, -0.15) is 0 Å². The summed E-state index contributed by atoms with van der Waals surface area (Å²) in [5.74, 6) is -5.10. The van der Waals surface area contributed by atoms with Crippen LogP contribution < -0.4 is 17.1 Å². The molecule has 186 valence electrons. The molecule has 0 amide bonds. The molecule has 33 heavy (non-hydrogen) atoms. The Kier molecular flexibility index (Phi) is 10.6. The summed E-state index contributed by atoms with van der Waals surface area (Å²) in [5, 5.41) is 28.7. The molecule has 0 saturated heterocycles. The molecule has 3 N–H and O–H groups in total. The minimum Gasteiger partial charge on any atom is -0.480 e. The van der Waals surface area contributed by atoms with Crippen molar-refractivity contribution in [2.75, 3.05) is 39.6 Å². The van der Waals surface area contributed by atoms with Crippen LogP contribution in [0.25, 0.3) is 0 Å². The molecule has 15 nitrogen and oxygen atoms in total. The van der Waals surface area contributed by atoms with Crippen LogP contribution in [-0.2, 0) is 28.6 Å². The normalized spacial score (nSPS) is 13.9. The van der Waals surface area contributed by atoms with Gasteiger partial charge >= 0.3 is 35.0 Å². The van der Waals surface area contributed by atoms with Crippen LogP contribution in [0.1, 0.15) is 38.9 Å². The summed E-state index contributed by atoms with van der Waals surface area (Å²) in [6.45, 7) is 2.52. The molecule has 3 atom stereocenters. The van der Waals surface area contributed by atoms with Gasteiger partial charge in [0.05, 0.1) is 19.8 Å². The SMILES string of the molecule is CCOCC(C(=O)O)n1c(=O)n(C(COCC)C(=O)O)c(=O)n(C(COCC)C(=O)O)c1=O. The molecule has 1 aromatic rings. The average molecular weight is 477 g/mol. The fourth-order valence-electron chi connectivity index (χ4n) is 2.85. The van der Waals surface area contributed by atoms with Gasteiger partial charge in [-0.3, -0.25) is 0 Å². The molecule has 15 heteroatoms. The van der Waals surface area contributed by atoms with Crippen LogP contribution in [0.15, 0.2) is 14.4 Å². The van der Waals surface area contributed by atoms with E-state index < -0.39 is 72.9 Å². The molecule has 1 aromatic heterocycles. The fraction of sp³-hybridized carbons (Fsp3) is 0.667. The van der Waals surface area contributed by atoms with Crippen LogP contribution in [0.5, 0.6) is 0 Å². The van der Waals surface area contributed by atoms with E-state index in [1.54, 1.807) is 0 Å². The zero-order valence-corrected chi connectivity index (χ0v) is 18.3. The Labute approximate surface area is 186 Å². The second-order valence-electron chi connectivity index (χ2n) is 6.50. The topological polar surface area (TPSA) is 206 Å². The van der Waals surface area contributed by atoms with E-state index in [1.807, 2.05) is 0 Å². The molecule has 0 spiro atoms. The Hall–Kier alpha value is -3.30. The summed E-state index contributed by atoms with van der Waals surface area (Å²) < 4.78 is 15.3. The zero-order chi connectivity index (χ0) is 25.3. The van der Waals surface area contributed by atoms with Crippen molar-refractivity contribution in [1.82, 2.24) is 13.7 Å². The number of nitrogens with zero attached hydrogens (tertiary/aromatic N) is 3. The summed E-state index contributed by atoms with van der Waals surface area (Å²) in [4.78, 5) is 74.7. The first-order valence-corrected chi connectivity index (χ1v) is 9.96. The quantitative estimate of drug-likeness (QED) is 0.255. The van der Waals surface area contributed by atoms with Gasteiger partial charge in [0.25, 0.3) is 0 Å². The lowest BCUT2D eigenvalue weighted by Gasteiger charge is -2.23. The van der Waals surface area contributed by atoms with Gasteiger partial charge in [-0.25, -0.2) is 42.5 Å². The third kappa shape index (κ3) is 6.36. The van der Waals surface area contributed by atoms with Gasteiger partial charge in [0.15, 0.2) is 18.1 Å². The highest BCUT2D eigenvalue weighted by molar-refractivity contribution is 5.73. The van der Waals surface area contributed by atoms with Crippen molar-refractivity contribution in [1.29, 1.82) is 0 Å². The number of rotatable bonds is 15. The van der Waals surface area contributed by atoms with Gasteiger partial charge in [-0.1, -0.05) is 0 Å². The highest BCUT2D eigenvalue weighted by atomic mass is 16.5. The van der Waals surface area contributed by atoms with E-state index in [9.17, 15) is 44.1 Å². The van der Waals surface area contributed by atoms with Gasteiger partial charge in [0.2, 0.25) is 0 Å². The number of hydrogen-bond acceptors (Lipinski definition) is 9. The summed E-state index contributed by atoms with van der Waals surface area (Å²) in [6.07, 6.45) is 0. The first kappa shape index (κ1) is 27.7. The lowest BCUT2D eigenvalue weighted by Crippen LogP contribution is -2.60. The van der Waals surface area contributed by atoms with Crippen LogP contribution in [0.2, 0.25) is 0 Å². The lowest BCUT2D eigenvalue weighted by atomic mass is 10.2. The second kappa shape index (κ2) is 12.7. The van der Waals surface area contributed by atoms with Crippen molar-refractivity contribution in [2.24, 2.45) is 0 Å². The number of aliphatic carboxylic acids is 3. The Bertz CT molecular complexity index is 865. The first-order valence-electron chi connectivity index (χ1n) is 9.96. The van der Waals surface area contributed by atoms with Gasteiger partial charge in [0, 0.05) is 19.8 Å². The van der Waals surface area contributed by atoms with Crippen molar-refractivity contribution in [2.45, 2.75) is 38.9 Å². The second-order valence-corrected chi connectivity index (χ2v) is 6.50. The molecule has 0 aliphatic rings. The fourth-order valence-corrected chi connectivity index (χ4v) is 2.85. The number of ether oxygens (including phenoxy) is 3. The monoisotopic (exact) mass is 477 g/mol. The lowest BCUT2D eigenvalue weighted by molar-refractivity contribution is -0.143. The Morgan fingerprint density at radius 2 is 0.818 bits per heavy atom. The third-order valence-corrected chi connectivity index (χ3v) is 4.47. The first-order chi connectivity index (χ1) is 15.5. The highest BCUT2D eigenvalue weighted by Gasteiger charge is 2.35. The molecular weight excluding hydrogens is 450 g/mol. The van der Waals surface area contributed by atoms with Gasteiger partial charge in [0.1, 0.15) is 0 Å². The molecule has 0 radical (unpaired) electrons. The molecule has 0 bridgehead atoms. The molecule has 0 fully saturated rings. The van der Waals surface area contributed by atoms with Crippen LogP contribution in [0.4, 0.5) is 0 Å². The number of aromatic nitrogens is 3. The molecule has 0 saturated carbocycles. The van der Waals surface area contributed by atoms with Gasteiger partial charge < -0.3 is 29.5 Å². The standard InChI is InChI=1S/C18H27N3O12/c1-4-31-7-10(13(22)23)19-16(28)20(11(14(24)25)8-32-5-2)18(30)21(17(19)29)12(15(26)27)9-33-6-3/h10-12H,4-9H2,1-3H3,(H,22,23)(H,24,25)(H,26,27). The Morgan fingerprint density at radius 3 is 0.970 bits per heavy atom. The van der Waals surface area contributed by atoms with Crippen LogP contribution in [0.3, 0.4) is 0 Å². The van der Waals surface area contributed by atoms with E-state index in [4.69, 9.17) is 14.2 Å². The Morgan fingerprint density at radius 1 is 0.606 bits per heavy atom. The summed E-state index contributed by atoms with van der Waals surface area (Å²) >= 11 is 0. The average Bonchev–Trinajstić information content (AvgIpc) is 2.74. The number of carbonyl (C=O) groups is 3. The van der Waals surface area contributed by atoms with E-state index in [-0.39, 0.29) is 33.5 Å². The van der Waals surface area contributed by atoms with E-state index in [1.165, 1.54) is 20.8 Å². The van der Waals surface area contributed by atoms with Crippen molar-refractivity contribution in [3.63, 3.8) is 0 Å². The summed E-state index contributed by atoms with van der Waals surface area (Å²) in [7, 11) is 0. The maximum Gasteiger partial charge on any atom is 0.338 e. The van der Waals surface area contributed by atoms with Crippen molar-refractivity contribution in [3.05, 3.63) is 31.5 Å². The Balaban J connectivity index is 4.10. The minimum atomic E-state index is -1.98. The van der Waals surface area contributed by atoms with Crippen LogP contribution >= 0.6 is 0 Å². The maximum atomic E-state index is 13.1. The minimum absolute atomic E-state index is 0.0105. The zero-order valence-electron chi connectivity index (χ0n) is 18.3. The molecule has 3 unspecified atom stereocenters. The van der Waals surface area contributed by atoms with Crippen molar-refractivity contribution >= 4 is 17.9 Å². The van der Waals surface area contributed by atoms with E-state index in [0.29, 0.717) is 0 Å². The van der Waals surface area contributed by atoms with E-state index >= 15 is 0 Å². The summed E-state index contributed by atoms with van der Waals surface area (Å²) in [5.41, 5.74) is -4.71. The molecule has 1 heterocycles. The van der Waals surface area contributed by atoms with Crippen LogP contribution in [0, 0.1) is 0 Å². The summed E-state index contributed by atoms with van der Waals surface area (Å²) in [6, 6.07) is -5.94. The molecular formula is C18H27N3O12. The van der Waals surface area contributed by atoms with Crippen molar-refractivity contribution in [3.8, 4) is 0 Å². The largest absolute Gasteiger partial charge is 0.480 e. The van der Waals surface area contributed by atoms with Gasteiger partial charge in [-0.15, -0.1) is 0 Å². The molecule has 0 aliphatic carbocycles. The van der Waals surface area contributed by atoms with E-state index in [0.717, 1.165) is 0 Å². The maximum absolute atomic E-state index is 13.1. The number of carboxylic acid groups (broad SMARTS) is 3.